The number of primary amides is 1. The second-order valence-electron chi connectivity index (χ2n) is 9.71. The average Bonchev–Trinajstić information content (AvgIpc) is 3.34. The van der Waals surface area contributed by atoms with Gasteiger partial charge in [-0.1, -0.05) is 34.1 Å². The van der Waals surface area contributed by atoms with E-state index in [2.05, 4.69) is 39.8 Å². The third-order valence-corrected chi connectivity index (χ3v) is 7.37. The number of ether oxygens (including phenoxy) is 2. The Labute approximate surface area is 177 Å². The molecular formula is C23H44N2O4. The van der Waals surface area contributed by atoms with Gasteiger partial charge in [-0.05, 0) is 52.6 Å². The molecule has 2 heterocycles. The first-order chi connectivity index (χ1) is 13.6. The predicted octanol–water partition coefficient (Wildman–Crippen LogP) is 2.96. The van der Waals surface area contributed by atoms with Crippen molar-refractivity contribution in [3.63, 3.8) is 0 Å². The van der Waals surface area contributed by atoms with Crippen molar-refractivity contribution in [1.29, 1.82) is 0 Å². The molecule has 0 spiro atoms. The molecule has 0 aromatic rings. The van der Waals surface area contributed by atoms with Crippen LogP contribution < -0.4 is 5.73 Å². The topological polar surface area (TPSA) is 85.0 Å². The number of aliphatic hydroxyl groups excluding tert-OH is 1. The van der Waals surface area contributed by atoms with Crippen LogP contribution in [-0.2, 0) is 14.3 Å². The lowest BCUT2D eigenvalue weighted by Gasteiger charge is -2.33. The standard InChI is InChI=1S/C23H44N2O4/c1-7-8-17(25(5)6)13-18-9-10-19(28-18)14(2)22(26)15(3)20-11-12-21(29-20)16(4)23(24)27/h14-22,26H,7-13H2,1-6H3,(H2,24,27)/t14-,15-,16-,17-,18+,19-,20+,21-,22+/m1/s1. The second-order valence-corrected chi connectivity index (χ2v) is 9.71. The summed E-state index contributed by atoms with van der Waals surface area (Å²) in [4.78, 5) is 13.7. The smallest absolute Gasteiger partial charge is 0.222 e. The molecule has 2 rings (SSSR count). The minimum absolute atomic E-state index is 0.00680. The zero-order valence-electron chi connectivity index (χ0n) is 19.3. The van der Waals surface area contributed by atoms with Crippen LogP contribution in [0.1, 0.15) is 72.6 Å². The SMILES string of the molecule is CCC[C@H](C[C@@H]1CC[C@H]([C@@H](C)[C@H](O)[C@H](C)[C@@H]2CC[C@H]([C@@H](C)C(N)=O)O2)O1)N(C)C. The van der Waals surface area contributed by atoms with Crippen molar-refractivity contribution < 1.29 is 19.4 Å². The summed E-state index contributed by atoms with van der Waals surface area (Å²) in [5.41, 5.74) is 5.43. The van der Waals surface area contributed by atoms with E-state index in [9.17, 15) is 9.90 Å². The number of hydrogen-bond donors (Lipinski definition) is 2. The van der Waals surface area contributed by atoms with Gasteiger partial charge >= 0.3 is 0 Å². The van der Waals surface area contributed by atoms with Crippen LogP contribution in [0, 0.1) is 17.8 Å². The van der Waals surface area contributed by atoms with E-state index in [4.69, 9.17) is 15.2 Å². The molecule has 6 nitrogen and oxygen atoms in total. The zero-order chi connectivity index (χ0) is 21.7. The maximum Gasteiger partial charge on any atom is 0.222 e. The number of nitrogens with zero attached hydrogens (tertiary/aromatic N) is 1. The summed E-state index contributed by atoms with van der Waals surface area (Å²) >= 11 is 0. The molecule has 3 N–H and O–H groups in total. The molecule has 0 unspecified atom stereocenters. The van der Waals surface area contributed by atoms with E-state index >= 15 is 0 Å². The van der Waals surface area contributed by atoms with E-state index in [1.54, 1.807) is 0 Å². The molecule has 0 aromatic carbocycles. The quantitative estimate of drug-likeness (QED) is 0.545. The first kappa shape index (κ1) is 24.6. The van der Waals surface area contributed by atoms with E-state index < -0.39 is 6.10 Å². The maximum atomic E-state index is 11.4. The lowest BCUT2D eigenvalue weighted by Crippen LogP contribution is -2.40. The molecule has 29 heavy (non-hydrogen) atoms. The van der Waals surface area contributed by atoms with Gasteiger partial charge < -0.3 is 25.2 Å². The van der Waals surface area contributed by atoms with Crippen LogP contribution in [0.4, 0.5) is 0 Å². The molecule has 0 aromatic heterocycles. The van der Waals surface area contributed by atoms with Gasteiger partial charge in [0.1, 0.15) is 0 Å². The molecule has 9 atom stereocenters. The third kappa shape index (κ3) is 6.39. The lowest BCUT2D eigenvalue weighted by molar-refractivity contribution is -0.128. The first-order valence-electron chi connectivity index (χ1n) is 11.6. The highest BCUT2D eigenvalue weighted by atomic mass is 16.5. The molecule has 0 saturated carbocycles. The molecule has 1 amide bonds. The van der Waals surface area contributed by atoms with E-state index in [1.807, 2.05) is 6.92 Å². The fourth-order valence-corrected chi connectivity index (χ4v) is 5.06. The monoisotopic (exact) mass is 412 g/mol. The number of hydrogen-bond acceptors (Lipinski definition) is 5. The van der Waals surface area contributed by atoms with Gasteiger partial charge in [-0.25, -0.2) is 0 Å². The van der Waals surface area contributed by atoms with Gasteiger partial charge in [-0.15, -0.1) is 0 Å². The Morgan fingerprint density at radius 1 is 1.03 bits per heavy atom. The minimum Gasteiger partial charge on any atom is -0.392 e. The Bertz CT molecular complexity index is 515. The number of nitrogens with two attached hydrogens (primary N) is 1. The van der Waals surface area contributed by atoms with Crippen LogP contribution >= 0.6 is 0 Å². The van der Waals surface area contributed by atoms with Crippen molar-refractivity contribution in [1.82, 2.24) is 4.90 Å². The number of rotatable bonds is 11. The van der Waals surface area contributed by atoms with Crippen molar-refractivity contribution in [2.24, 2.45) is 23.5 Å². The van der Waals surface area contributed by atoms with Crippen LogP contribution in [0.25, 0.3) is 0 Å². The Morgan fingerprint density at radius 2 is 1.59 bits per heavy atom. The van der Waals surface area contributed by atoms with Crippen LogP contribution in [0.15, 0.2) is 0 Å². The Kier molecular flexibility index (Phi) is 9.39. The Balaban J connectivity index is 1.85. The Morgan fingerprint density at radius 3 is 2.14 bits per heavy atom. The van der Waals surface area contributed by atoms with Crippen LogP contribution in [0.2, 0.25) is 0 Å². The van der Waals surface area contributed by atoms with E-state index in [-0.39, 0.29) is 48.1 Å². The second kappa shape index (κ2) is 11.1. The van der Waals surface area contributed by atoms with Crippen LogP contribution in [0.3, 0.4) is 0 Å². The average molecular weight is 413 g/mol. The first-order valence-corrected chi connectivity index (χ1v) is 11.6. The van der Waals surface area contributed by atoms with Gasteiger partial charge in [0.15, 0.2) is 0 Å². The largest absolute Gasteiger partial charge is 0.392 e. The molecule has 0 aliphatic carbocycles. The summed E-state index contributed by atoms with van der Waals surface area (Å²) in [6.07, 6.45) is 6.96. The van der Waals surface area contributed by atoms with Crippen molar-refractivity contribution in [2.75, 3.05) is 14.1 Å². The van der Waals surface area contributed by atoms with Crippen LogP contribution in [-0.4, -0.2) is 66.6 Å². The number of carbonyl (C=O) groups excluding carboxylic acids is 1. The molecule has 2 aliphatic heterocycles. The summed E-state index contributed by atoms with van der Waals surface area (Å²) in [5.74, 6) is -0.530. The van der Waals surface area contributed by atoms with E-state index in [0.717, 1.165) is 32.1 Å². The fourth-order valence-electron chi connectivity index (χ4n) is 5.06. The summed E-state index contributed by atoms with van der Waals surface area (Å²) in [6.45, 7) is 8.21. The van der Waals surface area contributed by atoms with Crippen LogP contribution in [0.5, 0.6) is 0 Å². The minimum atomic E-state index is -0.480. The van der Waals surface area contributed by atoms with Gasteiger partial charge in [0.2, 0.25) is 5.91 Å². The Hall–Kier alpha value is -0.690. The molecular weight excluding hydrogens is 368 g/mol. The van der Waals surface area contributed by atoms with Crippen molar-refractivity contribution >= 4 is 5.91 Å². The molecule has 0 radical (unpaired) electrons. The van der Waals surface area contributed by atoms with Gasteiger partial charge in [0.05, 0.1) is 36.4 Å². The molecule has 2 aliphatic rings. The highest BCUT2D eigenvalue weighted by Gasteiger charge is 2.41. The number of aliphatic hydroxyl groups is 1. The van der Waals surface area contributed by atoms with E-state index in [0.29, 0.717) is 6.04 Å². The molecule has 170 valence electrons. The summed E-state index contributed by atoms with van der Waals surface area (Å²) in [7, 11) is 4.30. The summed E-state index contributed by atoms with van der Waals surface area (Å²) < 4.78 is 12.5. The maximum absolute atomic E-state index is 11.4. The van der Waals surface area contributed by atoms with Crippen molar-refractivity contribution in [3.8, 4) is 0 Å². The van der Waals surface area contributed by atoms with Crippen molar-refractivity contribution in [2.45, 2.75) is 109 Å². The highest BCUT2D eigenvalue weighted by Crippen LogP contribution is 2.36. The normalized spacial score (nSPS) is 32.8. The lowest BCUT2D eigenvalue weighted by atomic mass is 9.84. The predicted molar refractivity (Wildman–Crippen MR) is 115 cm³/mol. The van der Waals surface area contributed by atoms with Crippen molar-refractivity contribution in [3.05, 3.63) is 0 Å². The fraction of sp³-hybridized carbons (Fsp3) is 0.957. The molecule has 0 bridgehead atoms. The van der Waals surface area contributed by atoms with Gasteiger partial charge in [0, 0.05) is 17.9 Å². The summed E-state index contributed by atoms with van der Waals surface area (Å²) in [5, 5.41) is 11.0. The molecule has 2 saturated heterocycles. The van der Waals surface area contributed by atoms with Gasteiger partial charge in [-0.2, -0.15) is 0 Å². The third-order valence-electron chi connectivity index (χ3n) is 7.37. The molecule has 6 heteroatoms. The number of carbonyl (C=O) groups is 1. The van der Waals surface area contributed by atoms with Gasteiger partial charge in [0.25, 0.3) is 0 Å². The van der Waals surface area contributed by atoms with Gasteiger partial charge in [-0.3, -0.25) is 4.79 Å². The zero-order valence-corrected chi connectivity index (χ0v) is 19.3. The highest BCUT2D eigenvalue weighted by molar-refractivity contribution is 5.76. The molecule has 2 fully saturated rings. The van der Waals surface area contributed by atoms with E-state index in [1.165, 1.54) is 12.8 Å². The summed E-state index contributed by atoms with van der Waals surface area (Å²) in [6, 6.07) is 0.555. The number of amides is 1.